The molecule has 1 saturated heterocycles. The highest BCUT2D eigenvalue weighted by Gasteiger charge is 2.38. The summed E-state index contributed by atoms with van der Waals surface area (Å²) in [6.45, 7) is 2.52. The van der Waals surface area contributed by atoms with Crippen molar-refractivity contribution < 1.29 is 14.3 Å². The van der Waals surface area contributed by atoms with Crippen LogP contribution in [0.15, 0.2) is 18.2 Å². The van der Waals surface area contributed by atoms with E-state index >= 15 is 0 Å². The summed E-state index contributed by atoms with van der Waals surface area (Å²) in [4.78, 5) is 26.9. The van der Waals surface area contributed by atoms with Crippen LogP contribution in [0, 0.1) is 12.8 Å². The van der Waals surface area contributed by atoms with Crippen LogP contribution in [-0.2, 0) is 9.59 Å². The molecule has 3 rings (SSSR count). The number of aryl methyl sites for hydroxylation is 1. The first-order chi connectivity index (χ1) is 11.6. The van der Waals surface area contributed by atoms with Gasteiger partial charge in [0.15, 0.2) is 0 Å². The molecule has 1 heterocycles. The van der Waals surface area contributed by atoms with E-state index in [2.05, 4.69) is 5.32 Å². The number of hydrogen-bond acceptors (Lipinski definition) is 3. The second kappa shape index (κ2) is 7.24. The normalized spacial score (nSPS) is 21.8. The summed E-state index contributed by atoms with van der Waals surface area (Å²) in [5.41, 5.74) is 1.73. The zero-order valence-corrected chi connectivity index (χ0v) is 14.5. The molecular weight excluding hydrogens is 304 g/mol. The van der Waals surface area contributed by atoms with E-state index in [-0.39, 0.29) is 17.7 Å². The summed E-state index contributed by atoms with van der Waals surface area (Å²) >= 11 is 0. The molecule has 0 bridgehead atoms. The molecule has 1 aliphatic heterocycles. The summed E-state index contributed by atoms with van der Waals surface area (Å²) in [5, 5.41) is 2.95. The minimum Gasteiger partial charge on any atom is -0.495 e. The highest BCUT2D eigenvalue weighted by molar-refractivity contribution is 5.98. The Hall–Kier alpha value is -2.04. The second-order valence-corrected chi connectivity index (χ2v) is 6.93. The predicted molar refractivity (Wildman–Crippen MR) is 93.1 cm³/mol. The molecule has 0 spiro atoms. The Bertz CT molecular complexity index is 623. The van der Waals surface area contributed by atoms with Crippen LogP contribution in [0.3, 0.4) is 0 Å². The monoisotopic (exact) mass is 330 g/mol. The first-order valence-electron chi connectivity index (χ1n) is 8.83. The number of anilines is 1. The van der Waals surface area contributed by atoms with Crippen LogP contribution >= 0.6 is 0 Å². The molecular formula is C19H26N2O3. The van der Waals surface area contributed by atoms with E-state index in [1.807, 2.05) is 30.0 Å². The first-order valence-corrected chi connectivity index (χ1v) is 8.83. The van der Waals surface area contributed by atoms with Crippen LogP contribution in [0.1, 0.15) is 44.1 Å². The van der Waals surface area contributed by atoms with Crippen LogP contribution in [0.25, 0.3) is 0 Å². The molecule has 1 aromatic carbocycles. The summed E-state index contributed by atoms with van der Waals surface area (Å²) in [7, 11) is 1.59. The smallest absolute Gasteiger partial charge is 0.229 e. The van der Waals surface area contributed by atoms with Crippen LogP contribution in [-0.4, -0.2) is 36.4 Å². The Morgan fingerprint density at radius 1 is 1.25 bits per heavy atom. The third kappa shape index (κ3) is 3.55. The lowest BCUT2D eigenvalue weighted by atomic mass is 9.94. The number of methoxy groups -OCH3 is 1. The quantitative estimate of drug-likeness (QED) is 0.923. The maximum atomic E-state index is 12.6. The van der Waals surface area contributed by atoms with E-state index in [1.165, 1.54) is 19.3 Å². The van der Waals surface area contributed by atoms with Gasteiger partial charge >= 0.3 is 0 Å². The van der Waals surface area contributed by atoms with Gasteiger partial charge in [-0.2, -0.15) is 0 Å². The zero-order chi connectivity index (χ0) is 17.1. The number of likely N-dealkylation sites (tertiary alicyclic amines) is 1. The van der Waals surface area contributed by atoms with Crippen LogP contribution in [0.5, 0.6) is 5.75 Å². The summed E-state index contributed by atoms with van der Waals surface area (Å²) < 4.78 is 5.31. The third-order valence-electron chi connectivity index (χ3n) is 5.16. The molecule has 0 aromatic heterocycles. The van der Waals surface area contributed by atoms with Gasteiger partial charge in [0.2, 0.25) is 11.8 Å². The molecule has 2 aliphatic rings. The molecule has 1 saturated carbocycles. The fraction of sp³-hybridized carbons (Fsp3) is 0.579. The van der Waals surface area contributed by atoms with Gasteiger partial charge in [-0.3, -0.25) is 9.59 Å². The van der Waals surface area contributed by atoms with Gasteiger partial charge in [-0.1, -0.05) is 25.3 Å². The van der Waals surface area contributed by atoms with E-state index in [4.69, 9.17) is 4.74 Å². The molecule has 0 radical (unpaired) electrons. The molecule has 1 N–H and O–H groups in total. The van der Waals surface area contributed by atoms with Crippen molar-refractivity contribution in [2.45, 2.75) is 51.5 Å². The van der Waals surface area contributed by atoms with Crippen molar-refractivity contribution in [2.75, 3.05) is 19.0 Å². The van der Waals surface area contributed by atoms with Gasteiger partial charge < -0.3 is 15.0 Å². The van der Waals surface area contributed by atoms with E-state index in [1.54, 1.807) is 7.11 Å². The van der Waals surface area contributed by atoms with E-state index in [9.17, 15) is 9.59 Å². The predicted octanol–water partition coefficient (Wildman–Crippen LogP) is 3.12. The van der Waals surface area contributed by atoms with E-state index < -0.39 is 0 Å². The van der Waals surface area contributed by atoms with Crippen molar-refractivity contribution in [1.82, 2.24) is 4.90 Å². The molecule has 5 heteroatoms. The van der Waals surface area contributed by atoms with Crippen molar-refractivity contribution in [1.29, 1.82) is 0 Å². The second-order valence-electron chi connectivity index (χ2n) is 6.93. The lowest BCUT2D eigenvalue weighted by Gasteiger charge is -2.31. The average Bonchev–Trinajstić information content (AvgIpc) is 2.98. The van der Waals surface area contributed by atoms with Crippen molar-refractivity contribution in [3.05, 3.63) is 23.8 Å². The number of ether oxygens (including phenoxy) is 1. The number of carbonyl (C=O) groups excluding carboxylic acids is 2. The third-order valence-corrected chi connectivity index (χ3v) is 5.16. The SMILES string of the molecule is COc1ccc(C)cc1NC(=O)C1CC(=O)N(C2CCCCC2)C1. The van der Waals surface area contributed by atoms with Gasteiger partial charge in [0.1, 0.15) is 5.75 Å². The minimum absolute atomic E-state index is 0.0921. The topological polar surface area (TPSA) is 58.6 Å². The first kappa shape index (κ1) is 16.8. The van der Waals surface area contributed by atoms with Crippen LogP contribution < -0.4 is 10.1 Å². The average molecular weight is 330 g/mol. The molecule has 24 heavy (non-hydrogen) atoms. The lowest BCUT2D eigenvalue weighted by Crippen LogP contribution is -2.38. The standard InChI is InChI=1S/C19H26N2O3/c1-13-8-9-17(24-2)16(10-13)20-19(23)14-11-18(22)21(12-14)15-6-4-3-5-7-15/h8-10,14-15H,3-7,11-12H2,1-2H3,(H,20,23). The van der Waals surface area contributed by atoms with Gasteiger partial charge in [-0.25, -0.2) is 0 Å². The number of carbonyl (C=O) groups is 2. The molecule has 2 amide bonds. The Morgan fingerprint density at radius 2 is 2.00 bits per heavy atom. The van der Waals surface area contributed by atoms with E-state index in [0.29, 0.717) is 30.4 Å². The molecule has 1 aliphatic carbocycles. The van der Waals surface area contributed by atoms with Crippen LogP contribution in [0.2, 0.25) is 0 Å². The maximum absolute atomic E-state index is 12.6. The summed E-state index contributed by atoms with van der Waals surface area (Å²) in [5.74, 6) is 0.399. The molecule has 130 valence electrons. The van der Waals surface area contributed by atoms with Gasteiger partial charge in [0.05, 0.1) is 18.7 Å². The van der Waals surface area contributed by atoms with Crippen molar-refractivity contribution in [2.24, 2.45) is 5.92 Å². The number of nitrogens with one attached hydrogen (secondary N) is 1. The Morgan fingerprint density at radius 3 is 2.71 bits per heavy atom. The molecule has 2 fully saturated rings. The number of hydrogen-bond donors (Lipinski definition) is 1. The highest BCUT2D eigenvalue weighted by Crippen LogP contribution is 2.30. The van der Waals surface area contributed by atoms with E-state index in [0.717, 1.165) is 18.4 Å². The Kier molecular flexibility index (Phi) is 5.07. The fourth-order valence-corrected chi connectivity index (χ4v) is 3.81. The summed E-state index contributed by atoms with van der Waals surface area (Å²) in [6.07, 6.45) is 6.10. The number of benzene rings is 1. The van der Waals surface area contributed by atoms with Gasteiger partial charge in [-0.05, 0) is 37.5 Å². The highest BCUT2D eigenvalue weighted by atomic mass is 16.5. The number of nitrogens with zero attached hydrogens (tertiary/aromatic N) is 1. The summed E-state index contributed by atoms with van der Waals surface area (Å²) in [6, 6.07) is 6.02. The molecule has 1 atom stereocenters. The van der Waals surface area contributed by atoms with Gasteiger partial charge in [0.25, 0.3) is 0 Å². The van der Waals surface area contributed by atoms with Gasteiger partial charge in [-0.15, -0.1) is 0 Å². The fourth-order valence-electron chi connectivity index (χ4n) is 3.81. The minimum atomic E-state index is -0.273. The van der Waals surface area contributed by atoms with Crippen LogP contribution in [0.4, 0.5) is 5.69 Å². The number of rotatable bonds is 4. The maximum Gasteiger partial charge on any atom is 0.229 e. The van der Waals surface area contributed by atoms with Crippen molar-refractivity contribution in [3.63, 3.8) is 0 Å². The zero-order valence-electron chi connectivity index (χ0n) is 14.5. The van der Waals surface area contributed by atoms with Gasteiger partial charge in [0, 0.05) is 19.0 Å². The number of amides is 2. The van der Waals surface area contributed by atoms with Crippen molar-refractivity contribution >= 4 is 17.5 Å². The Labute approximate surface area is 143 Å². The largest absolute Gasteiger partial charge is 0.495 e. The molecule has 1 unspecified atom stereocenters. The van der Waals surface area contributed by atoms with Crippen molar-refractivity contribution in [3.8, 4) is 5.75 Å². The molecule has 1 aromatic rings. The molecule has 5 nitrogen and oxygen atoms in total. The Balaban J connectivity index is 1.66. The lowest BCUT2D eigenvalue weighted by molar-refractivity contribution is -0.130.